The largest absolute Gasteiger partial charge is 0.542 e. The van der Waals surface area contributed by atoms with Crippen LogP contribution in [0.15, 0.2) is 30.3 Å². The second-order valence-electron chi connectivity index (χ2n) is 12.4. The number of likely N-dealkylation sites (tertiary alicyclic amines) is 1. The Hall–Kier alpha value is -1.93. The monoisotopic (exact) mass is 543 g/mol. The third kappa shape index (κ3) is 5.03. The van der Waals surface area contributed by atoms with Crippen molar-refractivity contribution in [1.82, 2.24) is 4.90 Å². The van der Waals surface area contributed by atoms with E-state index >= 15 is 0 Å². The van der Waals surface area contributed by atoms with Crippen molar-refractivity contribution in [1.29, 1.82) is 0 Å². The lowest BCUT2D eigenvalue weighted by atomic mass is 9.83. The first kappa shape index (κ1) is 29.1. The minimum atomic E-state index is -2.15. The molecule has 0 saturated carbocycles. The van der Waals surface area contributed by atoms with Crippen LogP contribution in [0.25, 0.3) is 0 Å². The summed E-state index contributed by atoms with van der Waals surface area (Å²) in [5.74, 6) is 1.36. The second kappa shape index (κ2) is 10.9. The Morgan fingerprint density at radius 1 is 1.00 bits per heavy atom. The first-order valence-electron chi connectivity index (χ1n) is 14.2. The number of aliphatic hydroxyl groups excluding tert-OH is 1. The van der Waals surface area contributed by atoms with Gasteiger partial charge in [0.1, 0.15) is 30.0 Å². The zero-order chi connectivity index (χ0) is 28.0. The van der Waals surface area contributed by atoms with Crippen molar-refractivity contribution in [3.05, 3.63) is 58.4 Å². The zero-order valence-electron chi connectivity index (χ0n) is 24.3. The number of benzene rings is 2. The maximum Gasteiger partial charge on any atom is 0.258 e. The molecule has 5 nitrogen and oxygen atoms in total. The topological polar surface area (TPSA) is 62.2 Å². The van der Waals surface area contributed by atoms with Gasteiger partial charge in [0.25, 0.3) is 8.32 Å². The molecule has 2 N–H and O–H groups in total. The maximum absolute atomic E-state index is 13.4. The first-order chi connectivity index (χ1) is 17.8. The molecule has 1 fully saturated rings. The molecule has 0 aromatic heterocycles. The number of hydrogen-bond acceptors (Lipinski definition) is 5. The molecule has 1 saturated heterocycles. The molecule has 2 aliphatic heterocycles. The van der Waals surface area contributed by atoms with E-state index in [1.165, 1.54) is 12.1 Å². The lowest BCUT2D eigenvalue weighted by molar-refractivity contribution is -0.0666. The summed E-state index contributed by atoms with van der Waals surface area (Å²) in [5.41, 5.74) is 3.96. The molecule has 0 aliphatic carbocycles. The third-order valence-corrected chi connectivity index (χ3v) is 15.2. The van der Waals surface area contributed by atoms with Gasteiger partial charge in [-0.15, -0.1) is 0 Å². The molecule has 7 heteroatoms. The molecular formula is C31H46FNO4Si. The Morgan fingerprint density at radius 2 is 1.55 bits per heavy atom. The summed E-state index contributed by atoms with van der Waals surface area (Å²) >= 11 is 0. The second-order valence-corrected chi connectivity index (χ2v) is 17.8. The van der Waals surface area contributed by atoms with Crippen molar-refractivity contribution in [2.45, 2.75) is 103 Å². The van der Waals surface area contributed by atoms with Gasteiger partial charge in [-0.3, -0.25) is 4.90 Å². The van der Waals surface area contributed by atoms with Gasteiger partial charge in [0.2, 0.25) is 0 Å². The Labute approximate surface area is 229 Å². The number of piperidine rings is 1. The first-order valence-corrected chi connectivity index (χ1v) is 16.3. The number of nitrogens with zero attached hydrogens (tertiary/aromatic N) is 1. The molecule has 4 rings (SSSR count). The highest BCUT2D eigenvalue weighted by Gasteiger charge is 2.48. The predicted molar refractivity (Wildman–Crippen MR) is 153 cm³/mol. The van der Waals surface area contributed by atoms with Crippen LogP contribution in [0, 0.1) is 19.7 Å². The van der Waals surface area contributed by atoms with Gasteiger partial charge in [-0.25, -0.2) is 4.39 Å². The van der Waals surface area contributed by atoms with Crippen molar-refractivity contribution >= 4 is 8.32 Å². The Morgan fingerprint density at radius 3 is 2.08 bits per heavy atom. The molecule has 0 radical (unpaired) electrons. The van der Waals surface area contributed by atoms with E-state index < -0.39 is 20.0 Å². The van der Waals surface area contributed by atoms with Gasteiger partial charge in [-0.2, -0.15) is 0 Å². The van der Waals surface area contributed by atoms with E-state index in [4.69, 9.17) is 9.16 Å². The number of aryl methyl sites for hydroxylation is 1. The van der Waals surface area contributed by atoms with Crippen LogP contribution < -0.4 is 9.16 Å². The average molecular weight is 544 g/mol. The summed E-state index contributed by atoms with van der Waals surface area (Å²) in [6.45, 7) is 19.5. The fraction of sp³-hybridized carbons (Fsp3) is 0.613. The van der Waals surface area contributed by atoms with Gasteiger partial charge in [-0.1, -0.05) is 53.7 Å². The van der Waals surface area contributed by atoms with E-state index in [1.807, 2.05) is 6.07 Å². The van der Waals surface area contributed by atoms with Gasteiger partial charge in [0.05, 0.1) is 11.6 Å². The van der Waals surface area contributed by atoms with Gasteiger partial charge >= 0.3 is 0 Å². The number of rotatable bonds is 7. The van der Waals surface area contributed by atoms with E-state index in [-0.39, 0.29) is 11.9 Å². The Balaban J connectivity index is 1.55. The highest BCUT2D eigenvalue weighted by atomic mass is 28.4. The summed E-state index contributed by atoms with van der Waals surface area (Å²) in [5, 5.41) is 22.8. The average Bonchev–Trinajstić information content (AvgIpc) is 2.85. The SMILES string of the molecule is Cc1cc2c(c(C)c1O[Si](C(C)C)(C(C)C)C(C)C)OCC(N1CCC(O)(c3ccc(F)cc3)CC1)[C@H]2O. The highest BCUT2D eigenvalue weighted by Crippen LogP contribution is 2.48. The molecule has 2 aromatic carbocycles. The summed E-state index contributed by atoms with van der Waals surface area (Å²) in [6.07, 6.45) is 0.349. The normalized spacial score (nSPS) is 22.1. The number of ether oxygens (including phenoxy) is 1. The molecule has 2 aliphatic rings. The van der Waals surface area contributed by atoms with Gasteiger partial charge in [0, 0.05) is 24.2 Å². The van der Waals surface area contributed by atoms with E-state index in [1.54, 1.807) is 12.1 Å². The fourth-order valence-corrected chi connectivity index (χ4v) is 12.5. The van der Waals surface area contributed by atoms with E-state index in [0.29, 0.717) is 49.2 Å². The van der Waals surface area contributed by atoms with Crippen molar-refractivity contribution < 1.29 is 23.8 Å². The Kier molecular flexibility index (Phi) is 8.35. The van der Waals surface area contributed by atoms with Crippen molar-refractivity contribution in [3.8, 4) is 11.5 Å². The van der Waals surface area contributed by atoms with Gasteiger partial charge in [-0.05, 0) is 72.6 Å². The minimum Gasteiger partial charge on any atom is -0.542 e. The van der Waals surface area contributed by atoms with Crippen LogP contribution in [0.4, 0.5) is 4.39 Å². The number of aliphatic hydroxyl groups is 2. The van der Waals surface area contributed by atoms with Gasteiger partial charge < -0.3 is 19.4 Å². The van der Waals surface area contributed by atoms with Crippen LogP contribution in [0.5, 0.6) is 11.5 Å². The quantitative estimate of drug-likeness (QED) is 0.377. The molecule has 1 unspecified atom stereocenters. The molecule has 210 valence electrons. The summed E-state index contributed by atoms with van der Waals surface area (Å²) in [7, 11) is -2.15. The number of fused-ring (bicyclic) bond motifs is 1. The summed E-state index contributed by atoms with van der Waals surface area (Å²) in [6, 6.07) is 7.98. The minimum absolute atomic E-state index is 0.193. The van der Waals surface area contributed by atoms with E-state index in [0.717, 1.165) is 33.8 Å². The lowest BCUT2D eigenvalue weighted by Crippen LogP contribution is -2.52. The number of halogens is 1. The summed E-state index contributed by atoms with van der Waals surface area (Å²) < 4.78 is 26.8. The number of hydrogen-bond donors (Lipinski definition) is 2. The smallest absolute Gasteiger partial charge is 0.258 e. The molecule has 38 heavy (non-hydrogen) atoms. The molecule has 0 amide bonds. The standard InChI is InChI=1S/C31H46FNO4Si/c1-19(2)38(20(3)4,21(5)6)37-29-22(7)17-26-28(34)27(18-36-30(26)23(29)8)33-15-13-31(35,14-16-33)24-9-11-25(32)12-10-24/h9-12,17,19-21,27-28,34-35H,13-16,18H2,1-8H3/t27?,28-/m0/s1. The predicted octanol–water partition coefficient (Wildman–Crippen LogP) is 6.77. The molecule has 2 atom stereocenters. The van der Waals surface area contributed by atoms with Crippen molar-refractivity contribution in [2.24, 2.45) is 0 Å². The van der Waals surface area contributed by atoms with Crippen LogP contribution in [-0.4, -0.2) is 49.2 Å². The van der Waals surface area contributed by atoms with Gasteiger partial charge in [0.15, 0.2) is 0 Å². The van der Waals surface area contributed by atoms with Crippen LogP contribution >= 0.6 is 0 Å². The van der Waals surface area contributed by atoms with Crippen LogP contribution in [-0.2, 0) is 5.60 Å². The molecule has 0 bridgehead atoms. The molecule has 2 heterocycles. The highest BCUT2D eigenvalue weighted by molar-refractivity contribution is 6.78. The molecule has 2 aromatic rings. The van der Waals surface area contributed by atoms with Crippen LogP contribution in [0.1, 0.15) is 82.7 Å². The fourth-order valence-electron chi connectivity index (χ4n) is 7.12. The molecule has 0 spiro atoms. The maximum atomic E-state index is 13.4. The van der Waals surface area contributed by atoms with Crippen LogP contribution in [0.2, 0.25) is 16.6 Å². The van der Waals surface area contributed by atoms with E-state index in [9.17, 15) is 14.6 Å². The van der Waals surface area contributed by atoms with E-state index in [2.05, 4.69) is 60.3 Å². The zero-order valence-corrected chi connectivity index (χ0v) is 25.3. The van der Waals surface area contributed by atoms with Crippen LogP contribution in [0.3, 0.4) is 0 Å². The third-order valence-electron chi connectivity index (χ3n) is 9.22. The molecular weight excluding hydrogens is 497 g/mol. The van der Waals surface area contributed by atoms with Crippen molar-refractivity contribution in [2.75, 3.05) is 19.7 Å². The Bertz CT molecular complexity index is 1100. The summed E-state index contributed by atoms with van der Waals surface area (Å²) in [4.78, 5) is 2.22. The van der Waals surface area contributed by atoms with Crippen molar-refractivity contribution in [3.63, 3.8) is 0 Å². The lowest BCUT2D eigenvalue weighted by Gasteiger charge is -2.45.